The third kappa shape index (κ3) is 14.7. The van der Waals surface area contributed by atoms with Crippen molar-refractivity contribution in [3.05, 3.63) is 111 Å². The van der Waals surface area contributed by atoms with Gasteiger partial charge < -0.3 is 39.6 Å². The summed E-state index contributed by atoms with van der Waals surface area (Å²) in [7, 11) is 1.31. The van der Waals surface area contributed by atoms with E-state index in [1.807, 2.05) is 50.4 Å². The van der Waals surface area contributed by atoms with Crippen molar-refractivity contribution >= 4 is 63.7 Å². The minimum atomic E-state index is -4.77. The molecule has 2 aliphatic rings. The molecule has 4 aromatic rings. The maximum Gasteiger partial charge on any atom is 0.418 e. The third-order valence-electron chi connectivity index (χ3n) is 11.8. The maximum absolute atomic E-state index is 14.0. The molecule has 3 N–H and O–H groups in total. The highest BCUT2D eigenvalue weighted by atomic mass is 32.2. The van der Waals surface area contributed by atoms with Crippen LogP contribution in [-0.2, 0) is 41.4 Å². The zero-order valence-electron chi connectivity index (χ0n) is 40.6. The quantitative estimate of drug-likeness (QED) is 0.0388. The first-order valence-corrected chi connectivity index (χ1v) is 25.0. The van der Waals surface area contributed by atoms with Crippen molar-refractivity contribution in [2.45, 2.75) is 90.7 Å². The Kier molecular flexibility index (Phi) is 19.1. The molecule has 0 spiro atoms. The van der Waals surface area contributed by atoms with Crippen molar-refractivity contribution in [3.63, 3.8) is 0 Å². The van der Waals surface area contributed by atoms with Crippen molar-refractivity contribution in [3.8, 4) is 27.7 Å². The van der Waals surface area contributed by atoms with Gasteiger partial charge >= 0.3 is 6.18 Å². The van der Waals surface area contributed by atoms with E-state index in [1.54, 1.807) is 11.3 Å². The highest BCUT2D eigenvalue weighted by molar-refractivity contribution is 8.18. The topological polar surface area (TPSA) is 177 Å². The molecule has 0 saturated carbocycles. The van der Waals surface area contributed by atoms with E-state index in [4.69, 9.17) is 25.5 Å². The van der Waals surface area contributed by atoms with Gasteiger partial charge in [0.1, 0.15) is 17.8 Å². The Morgan fingerprint density at radius 3 is 2.32 bits per heavy atom. The predicted octanol–water partition coefficient (Wildman–Crippen LogP) is 9.53. The largest absolute Gasteiger partial charge is 0.493 e. The number of aryl methyl sites for hydroxylation is 1. The van der Waals surface area contributed by atoms with Gasteiger partial charge in [0.15, 0.2) is 17.2 Å². The second kappa shape index (κ2) is 24.9. The van der Waals surface area contributed by atoms with Crippen LogP contribution in [0.2, 0.25) is 0 Å². The summed E-state index contributed by atoms with van der Waals surface area (Å²) in [5.41, 5.74) is 1.61. The number of likely N-dealkylation sites (tertiary alicyclic amines) is 1. The molecule has 2 saturated heterocycles. The first kappa shape index (κ1) is 55.1. The number of methoxy groups -OCH3 is 1. The number of rotatable bonds is 22. The third-order valence-corrected chi connectivity index (χ3v) is 13.8. The Bertz CT molecular complexity index is 2660. The summed E-state index contributed by atoms with van der Waals surface area (Å²) < 4.78 is 63.3. The summed E-state index contributed by atoms with van der Waals surface area (Å²) >= 11 is 2.44. The number of imide groups is 1. The van der Waals surface area contributed by atoms with Crippen molar-refractivity contribution in [2.24, 2.45) is 5.41 Å². The normalized spacial score (nSPS) is 17.0. The number of nitrogens with one attached hydrogen (secondary N) is 2. The van der Waals surface area contributed by atoms with Crippen molar-refractivity contribution < 1.29 is 61.2 Å². The Balaban J connectivity index is 0.864. The van der Waals surface area contributed by atoms with E-state index in [2.05, 4.69) is 28.5 Å². The molecule has 5 amide bonds. The fraction of sp³-hybridized carbons (Fsp3) is 0.423. The minimum Gasteiger partial charge on any atom is -0.493 e. The Morgan fingerprint density at radius 1 is 0.931 bits per heavy atom. The van der Waals surface area contributed by atoms with Crippen LogP contribution < -0.4 is 20.1 Å². The van der Waals surface area contributed by atoms with Gasteiger partial charge in [-0.2, -0.15) is 13.2 Å². The Morgan fingerprint density at radius 2 is 1.65 bits per heavy atom. The van der Waals surface area contributed by atoms with E-state index in [0.29, 0.717) is 37.5 Å². The van der Waals surface area contributed by atoms with Crippen LogP contribution in [0.1, 0.15) is 75.1 Å². The summed E-state index contributed by atoms with van der Waals surface area (Å²) in [6.07, 6.45) is -2.26. The summed E-state index contributed by atoms with van der Waals surface area (Å²) in [5.74, 6) is -2.17. The lowest BCUT2D eigenvalue weighted by Crippen LogP contribution is -2.57. The SMILES string of the molecule is [C-]#[N+]c1ccc(Oc2ccc(/C=C3\SC(=O)N(CCCCCOCCOCCC(=O)N[C@H](C(=O)N4CC(O)CC4C(=O)NCc4ccc(-c5sccc5C)cc4)C(C)(C)C)C3=O)cc2OC)c(C(F)(F)F)c1. The van der Waals surface area contributed by atoms with Crippen LogP contribution in [0, 0.1) is 18.9 Å². The number of aliphatic hydroxyl groups is 1. The number of carbonyl (C=O) groups is 5. The van der Waals surface area contributed by atoms with Crippen LogP contribution in [0.5, 0.6) is 17.2 Å². The number of nitrogens with zero attached hydrogens (tertiary/aromatic N) is 3. The molecule has 72 heavy (non-hydrogen) atoms. The average Bonchev–Trinajstić information content (AvgIpc) is 4.03. The zero-order chi connectivity index (χ0) is 52.2. The number of hydrogen-bond donors (Lipinski definition) is 3. The van der Waals surface area contributed by atoms with Crippen LogP contribution in [0.4, 0.5) is 23.7 Å². The molecule has 384 valence electrons. The second-order valence-corrected chi connectivity index (χ2v) is 20.2. The molecule has 2 unspecified atom stereocenters. The van der Waals surface area contributed by atoms with Gasteiger partial charge in [0.25, 0.3) is 11.1 Å². The first-order valence-electron chi connectivity index (χ1n) is 23.3. The molecule has 2 fully saturated rings. The molecule has 0 aliphatic carbocycles. The number of amides is 5. The smallest absolute Gasteiger partial charge is 0.418 e. The van der Waals surface area contributed by atoms with Gasteiger partial charge in [0, 0.05) is 44.0 Å². The summed E-state index contributed by atoms with van der Waals surface area (Å²) in [6.45, 7) is 15.9. The summed E-state index contributed by atoms with van der Waals surface area (Å²) in [4.78, 5) is 73.3. The standard InChI is InChI=1S/C52H58F3N5O10S2/c1-32-19-25-71-45(32)35-13-10-33(11-14-35)30-57-47(63)39-29-37(61)31-60(39)49(65)46(51(2,3)4)58-44(62)18-22-69-24-23-68-21-9-7-8-20-59-48(64)43(72-50(59)66)27-34-12-16-41(42(26-34)67-6)70-40-17-15-36(56-5)28-38(40)52(53,54)55/h10-17,19,25-28,37,39,46,61H,7-9,18,20-24,29-31H2,1-4,6H3,(H,57,63)(H,58,62)/b43-27-/t37?,39?,46-/m1/s1. The number of unbranched alkanes of at least 4 members (excludes halogenated alkanes) is 2. The number of carbonyl (C=O) groups excluding carboxylic acids is 5. The molecular formula is C52H58F3N5O10S2. The minimum absolute atomic E-state index is 0.0213. The van der Waals surface area contributed by atoms with Gasteiger partial charge in [0.05, 0.1) is 50.1 Å². The Labute approximate surface area is 424 Å². The molecule has 20 heteroatoms. The van der Waals surface area contributed by atoms with E-state index in [-0.39, 0.29) is 80.3 Å². The number of aliphatic hydroxyl groups excluding tert-OH is 1. The van der Waals surface area contributed by atoms with Gasteiger partial charge in [-0.25, -0.2) is 4.85 Å². The number of halogens is 3. The van der Waals surface area contributed by atoms with Gasteiger partial charge in [-0.05, 0) is 107 Å². The van der Waals surface area contributed by atoms with Crippen LogP contribution >= 0.6 is 23.1 Å². The van der Waals surface area contributed by atoms with Gasteiger partial charge in [-0.15, -0.1) is 11.3 Å². The highest BCUT2D eigenvalue weighted by Crippen LogP contribution is 2.43. The molecule has 2 aliphatic heterocycles. The molecule has 3 atom stereocenters. The fourth-order valence-corrected chi connectivity index (χ4v) is 9.76. The molecular weight excluding hydrogens is 976 g/mol. The lowest BCUT2D eigenvalue weighted by atomic mass is 9.85. The number of hydrogen-bond acceptors (Lipinski definition) is 12. The summed E-state index contributed by atoms with van der Waals surface area (Å²) in [6, 6.07) is 15.5. The maximum atomic E-state index is 14.0. The summed E-state index contributed by atoms with van der Waals surface area (Å²) in [5, 5.41) is 17.9. The van der Waals surface area contributed by atoms with Gasteiger partial charge in [-0.1, -0.05) is 57.2 Å². The second-order valence-electron chi connectivity index (χ2n) is 18.3. The molecule has 6 rings (SSSR count). The monoisotopic (exact) mass is 1030 g/mol. The molecule has 1 aromatic heterocycles. The molecule has 3 aromatic carbocycles. The van der Waals surface area contributed by atoms with E-state index < -0.39 is 64.1 Å². The van der Waals surface area contributed by atoms with E-state index in [1.165, 1.54) is 52.8 Å². The van der Waals surface area contributed by atoms with E-state index in [0.717, 1.165) is 33.9 Å². The van der Waals surface area contributed by atoms with Crippen LogP contribution in [0.15, 0.2) is 77.0 Å². The van der Waals surface area contributed by atoms with Crippen LogP contribution in [0.25, 0.3) is 21.4 Å². The van der Waals surface area contributed by atoms with Crippen molar-refractivity contribution in [1.82, 2.24) is 20.4 Å². The number of β-amino-alcohol motifs (C(OH)–C–C–N with tert-alkyl or cyclic N) is 1. The first-order chi connectivity index (χ1) is 34.3. The average molecular weight is 1030 g/mol. The molecule has 0 bridgehead atoms. The fourth-order valence-electron chi connectivity index (χ4n) is 7.96. The van der Waals surface area contributed by atoms with Crippen molar-refractivity contribution in [2.75, 3.05) is 46.6 Å². The zero-order valence-corrected chi connectivity index (χ0v) is 42.3. The van der Waals surface area contributed by atoms with Crippen LogP contribution in [-0.4, -0.2) is 109 Å². The van der Waals surface area contributed by atoms with Gasteiger partial charge in [0.2, 0.25) is 17.7 Å². The van der Waals surface area contributed by atoms with E-state index in [9.17, 15) is 42.3 Å². The molecule has 15 nitrogen and oxygen atoms in total. The number of ether oxygens (including phenoxy) is 4. The lowest BCUT2D eigenvalue weighted by Gasteiger charge is -2.35. The number of thiophene rings is 1. The number of benzene rings is 3. The van der Waals surface area contributed by atoms with E-state index >= 15 is 0 Å². The highest BCUT2D eigenvalue weighted by Gasteiger charge is 2.44. The molecule has 3 heterocycles. The Hall–Kier alpha value is -6.24. The lowest BCUT2D eigenvalue weighted by molar-refractivity contribution is -0.144. The predicted molar refractivity (Wildman–Crippen MR) is 267 cm³/mol. The molecule has 0 radical (unpaired) electrons. The van der Waals surface area contributed by atoms with Crippen LogP contribution in [0.3, 0.4) is 0 Å². The number of alkyl halides is 3. The van der Waals surface area contributed by atoms with Gasteiger partial charge in [-0.3, -0.25) is 28.9 Å². The van der Waals surface area contributed by atoms with Crippen molar-refractivity contribution in [1.29, 1.82) is 0 Å². The number of thioether (sulfide) groups is 1.